The van der Waals surface area contributed by atoms with Crippen LogP contribution in [0.1, 0.15) is 32.3 Å². The van der Waals surface area contributed by atoms with Crippen LogP contribution in [-0.2, 0) is 11.3 Å². The number of rotatable bonds is 9. The average Bonchev–Trinajstić information content (AvgIpc) is 2.53. The van der Waals surface area contributed by atoms with Crippen LogP contribution in [0.15, 0.2) is 24.3 Å². The largest absolute Gasteiger partial charge is 0.488 e. The lowest BCUT2D eigenvalue weighted by atomic mass is 9.81. The van der Waals surface area contributed by atoms with Crippen molar-refractivity contribution in [1.29, 1.82) is 0 Å². The quantitative estimate of drug-likeness (QED) is 0.736. The summed E-state index contributed by atoms with van der Waals surface area (Å²) in [6, 6.07) is 6.76. The molecule has 22 heavy (non-hydrogen) atoms. The Morgan fingerprint density at radius 3 is 2.59 bits per heavy atom. The Bertz CT molecular complexity index is 469. The highest BCUT2D eigenvalue weighted by atomic mass is 19.3. The standard InChI is InChI=1S/C16H24F2N2O2/c1-3-16(4-2,11-19)15(21)20-9-12-6-5-7-13(8-12)22-10-14(17)18/h5-8,14H,3-4,9-11,19H2,1-2H3,(H,20,21). The fraction of sp³-hybridized carbons (Fsp3) is 0.562. The molecule has 1 rings (SSSR count). The van der Waals surface area contributed by atoms with Crippen LogP contribution in [0.25, 0.3) is 0 Å². The summed E-state index contributed by atoms with van der Waals surface area (Å²) in [5.74, 6) is 0.280. The normalized spacial score (nSPS) is 11.5. The van der Waals surface area contributed by atoms with Gasteiger partial charge in [0.2, 0.25) is 5.91 Å². The first kappa shape index (κ1) is 18.4. The van der Waals surface area contributed by atoms with Crippen molar-refractivity contribution in [2.24, 2.45) is 11.1 Å². The van der Waals surface area contributed by atoms with Crippen LogP contribution < -0.4 is 15.8 Å². The molecule has 0 aromatic heterocycles. The highest BCUT2D eigenvalue weighted by Crippen LogP contribution is 2.25. The zero-order chi connectivity index (χ0) is 16.6. The van der Waals surface area contributed by atoms with E-state index in [4.69, 9.17) is 10.5 Å². The Hall–Kier alpha value is -1.69. The molecule has 0 aliphatic carbocycles. The summed E-state index contributed by atoms with van der Waals surface area (Å²) < 4.78 is 29.2. The average molecular weight is 314 g/mol. The van der Waals surface area contributed by atoms with E-state index >= 15 is 0 Å². The molecule has 1 amide bonds. The number of ether oxygens (including phenoxy) is 1. The van der Waals surface area contributed by atoms with Gasteiger partial charge in [-0.2, -0.15) is 0 Å². The number of halogens is 2. The molecule has 3 N–H and O–H groups in total. The molecule has 1 aromatic rings. The van der Waals surface area contributed by atoms with E-state index in [1.165, 1.54) is 0 Å². The van der Waals surface area contributed by atoms with Crippen LogP contribution in [0, 0.1) is 5.41 Å². The summed E-state index contributed by atoms with van der Waals surface area (Å²) in [7, 11) is 0. The van der Waals surface area contributed by atoms with Crippen molar-refractivity contribution in [3.63, 3.8) is 0 Å². The van der Waals surface area contributed by atoms with Crippen molar-refractivity contribution in [1.82, 2.24) is 5.32 Å². The lowest BCUT2D eigenvalue weighted by Crippen LogP contribution is -2.45. The summed E-state index contributed by atoms with van der Waals surface area (Å²) >= 11 is 0. The second-order valence-electron chi connectivity index (χ2n) is 5.22. The molecule has 0 aliphatic heterocycles. The lowest BCUT2D eigenvalue weighted by Gasteiger charge is -2.28. The Labute approximate surface area is 130 Å². The number of benzene rings is 1. The second-order valence-corrected chi connectivity index (χ2v) is 5.22. The summed E-state index contributed by atoms with van der Waals surface area (Å²) in [5, 5.41) is 2.86. The second kappa shape index (κ2) is 8.68. The molecule has 0 atom stereocenters. The third-order valence-corrected chi connectivity index (χ3v) is 3.95. The summed E-state index contributed by atoms with van der Waals surface area (Å²) in [6.07, 6.45) is -1.17. The topological polar surface area (TPSA) is 64.4 Å². The number of hydrogen-bond donors (Lipinski definition) is 2. The van der Waals surface area contributed by atoms with Crippen LogP contribution in [0.5, 0.6) is 5.75 Å². The first-order chi connectivity index (χ1) is 10.5. The molecule has 124 valence electrons. The van der Waals surface area contributed by atoms with Gasteiger partial charge in [0.05, 0.1) is 5.41 Å². The molecule has 4 nitrogen and oxygen atoms in total. The zero-order valence-electron chi connectivity index (χ0n) is 13.1. The number of hydrogen-bond acceptors (Lipinski definition) is 3. The third kappa shape index (κ3) is 4.94. The van der Waals surface area contributed by atoms with Gasteiger partial charge in [0.25, 0.3) is 6.43 Å². The van der Waals surface area contributed by atoms with Crippen molar-refractivity contribution in [2.75, 3.05) is 13.2 Å². The molecule has 1 aromatic carbocycles. The SMILES string of the molecule is CCC(CC)(CN)C(=O)NCc1cccc(OCC(F)F)c1. The molecule has 0 spiro atoms. The van der Waals surface area contributed by atoms with Crippen LogP contribution in [-0.4, -0.2) is 25.5 Å². The monoisotopic (exact) mass is 314 g/mol. The van der Waals surface area contributed by atoms with E-state index in [1.807, 2.05) is 13.8 Å². The van der Waals surface area contributed by atoms with E-state index < -0.39 is 18.4 Å². The van der Waals surface area contributed by atoms with Gasteiger partial charge >= 0.3 is 0 Å². The van der Waals surface area contributed by atoms with Gasteiger partial charge in [-0.3, -0.25) is 4.79 Å². The van der Waals surface area contributed by atoms with Crippen molar-refractivity contribution in [3.05, 3.63) is 29.8 Å². The third-order valence-electron chi connectivity index (χ3n) is 3.95. The molecule has 6 heteroatoms. The zero-order valence-corrected chi connectivity index (χ0v) is 13.1. The number of alkyl halides is 2. The van der Waals surface area contributed by atoms with Crippen LogP contribution in [0.2, 0.25) is 0 Å². The predicted molar refractivity (Wildman–Crippen MR) is 81.9 cm³/mol. The first-order valence-electron chi connectivity index (χ1n) is 7.45. The van der Waals surface area contributed by atoms with Crippen molar-refractivity contribution < 1.29 is 18.3 Å². The Balaban J connectivity index is 2.64. The maximum atomic E-state index is 12.3. The van der Waals surface area contributed by atoms with Gasteiger partial charge in [-0.05, 0) is 30.5 Å². The van der Waals surface area contributed by atoms with Gasteiger partial charge in [0, 0.05) is 13.1 Å². The Morgan fingerprint density at radius 2 is 2.05 bits per heavy atom. The van der Waals surface area contributed by atoms with Crippen LogP contribution in [0.3, 0.4) is 0 Å². The van der Waals surface area contributed by atoms with E-state index in [0.717, 1.165) is 5.56 Å². The number of amides is 1. The van der Waals surface area contributed by atoms with Crippen molar-refractivity contribution in [2.45, 2.75) is 39.7 Å². The van der Waals surface area contributed by atoms with Gasteiger partial charge < -0.3 is 15.8 Å². The molecule has 0 saturated carbocycles. The van der Waals surface area contributed by atoms with Gasteiger partial charge in [-0.1, -0.05) is 26.0 Å². The molecule has 0 unspecified atom stereocenters. The molecule has 0 radical (unpaired) electrons. The van der Waals surface area contributed by atoms with E-state index in [0.29, 0.717) is 31.7 Å². The smallest absolute Gasteiger partial charge is 0.272 e. The highest BCUT2D eigenvalue weighted by molar-refractivity contribution is 5.82. The Morgan fingerprint density at radius 1 is 1.36 bits per heavy atom. The van der Waals surface area contributed by atoms with Gasteiger partial charge in [-0.15, -0.1) is 0 Å². The summed E-state index contributed by atoms with van der Waals surface area (Å²) in [5.41, 5.74) is 5.98. The lowest BCUT2D eigenvalue weighted by molar-refractivity contribution is -0.131. The predicted octanol–water partition coefficient (Wildman–Crippen LogP) is 2.71. The van der Waals surface area contributed by atoms with Crippen molar-refractivity contribution >= 4 is 5.91 Å². The molecule has 0 heterocycles. The molecular weight excluding hydrogens is 290 g/mol. The maximum absolute atomic E-state index is 12.3. The number of nitrogens with one attached hydrogen (secondary N) is 1. The maximum Gasteiger partial charge on any atom is 0.272 e. The fourth-order valence-corrected chi connectivity index (χ4v) is 2.23. The Kier molecular flexibility index (Phi) is 7.24. The van der Waals surface area contributed by atoms with Crippen molar-refractivity contribution in [3.8, 4) is 5.75 Å². The highest BCUT2D eigenvalue weighted by Gasteiger charge is 2.32. The molecule has 0 saturated heterocycles. The van der Waals surface area contributed by atoms with E-state index in [9.17, 15) is 13.6 Å². The minimum Gasteiger partial charge on any atom is -0.488 e. The van der Waals surface area contributed by atoms with E-state index in [1.54, 1.807) is 24.3 Å². The number of carbonyl (C=O) groups is 1. The molecule has 0 fully saturated rings. The molecule has 0 bridgehead atoms. The van der Waals surface area contributed by atoms with Gasteiger partial charge in [0.15, 0.2) is 0 Å². The minimum absolute atomic E-state index is 0.0844. The molecule has 0 aliphatic rings. The summed E-state index contributed by atoms with van der Waals surface area (Å²) in [6.45, 7) is 3.84. The fourth-order valence-electron chi connectivity index (χ4n) is 2.23. The summed E-state index contributed by atoms with van der Waals surface area (Å²) in [4.78, 5) is 12.3. The van der Waals surface area contributed by atoms with Crippen LogP contribution >= 0.6 is 0 Å². The first-order valence-corrected chi connectivity index (χ1v) is 7.45. The van der Waals surface area contributed by atoms with Gasteiger partial charge in [0.1, 0.15) is 12.4 Å². The van der Waals surface area contributed by atoms with E-state index in [2.05, 4.69) is 5.32 Å². The molecular formula is C16H24F2N2O2. The minimum atomic E-state index is -2.51. The van der Waals surface area contributed by atoms with Crippen LogP contribution in [0.4, 0.5) is 8.78 Å². The van der Waals surface area contributed by atoms with E-state index in [-0.39, 0.29) is 5.91 Å². The van der Waals surface area contributed by atoms with Gasteiger partial charge in [-0.25, -0.2) is 8.78 Å². The number of nitrogens with two attached hydrogens (primary N) is 1. The number of carbonyl (C=O) groups excluding carboxylic acids is 1.